The number of hydrogen-bond donors (Lipinski definition) is 3. The van der Waals surface area contributed by atoms with Gasteiger partial charge in [-0.25, -0.2) is 0 Å². The van der Waals surface area contributed by atoms with E-state index in [1.54, 1.807) is 6.92 Å². The van der Waals surface area contributed by atoms with Gasteiger partial charge >= 0.3 is 0 Å². The Morgan fingerprint density at radius 3 is 2.70 bits per heavy atom. The highest BCUT2D eigenvalue weighted by molar-refractivity contribution is 5.83. The van der Waals surface area contributed by atoms with Crippen LogP contribution < -0.4 is 16.2 Å². The fourth-order valence-electron chi connectivity index (χ4n) is 1.87. The van der Waals surface area contributed by atoms with Gasteiger partial charge in [0.2, 0.25) is 5.91 Å². The van der Waals surface area contributed by atoms with Gasteiger partial charge in [0.15, 0.2) is 0 Å². The number of amides is 1. The van der Waals surface area contributed by atoms with Gasteiger partial charge in [-0.05, 0) is 44.2 Å². The van der Waals surface area contributed by atoms with E-state index in [1.807, 2.05) is 24.3 Å². The Balaban J connectivity index is 2.33. The van der Waals surface area contributed by atoms with Crippen LogP contribution in [-0.4, -0.2) is 29.8 Å². The first kappa shape index (κ1) is 16.5. The summed E-state index contributed by atoms with van der Waals surface area (Å²) in [7, 11) is 0. The fraction of sp³-hybridized carbons (Fsp3) is 0.533. The highest BCUT2D eigenvalue weighted by atomic mass is 16.5. The molecule has 1 aromatic rings. The number of unbranched alkanes of at least 4 members (excludes halogenated alkanes) is 1. The molecule has 0 radical (unpaired) electrons. The molecule has 20 heavy (non-hydrogen) atoms. The summed E-state index contributed by atoms with van der Waals surface area (Å²) in [6, 6.07) is 7.65. The van der Waals surface area contributed by atoms with Crippen LogP contribution in [0.1, 0.15) is 31.7 Å². The minimum atomic E-state index is -0.950. The van der Waals surface area contributed by atoms with Crippen LogP contribution in [0.3, 0.4) is 0 Å². The molecule has 112 valence electrons. The zero-order valence-corrected chi connectivity index (χ0v) is 12.0. The van der Waals surface area contributed by atoms with Crippen molar-refractivity contribution in [2.45, 2.75) is 38.1 Å². The Morgan fingerprint density at radius 1 is 1.35 bits per heavy atom. The van der Waals surface area contributed by atoms with E-state index in [0.717, 1.165) is 24.2 Å². The number of para-hydroxylation sites is 1. The van der Waals surface area contributed by atoms with E-state index in [9.17, 15) is 4.79 Å². The van der Waals surface area contributed by atoms with Gasteiger partial charge < -0.3 is 21.3 Å². The molecule has 0 aliphatic heterocycles. The molecule has 1 rings (SSSR count). The largest absolute Gasteiger partial charge is 0.493 e. The molecule has 1 unspecified atom stereocenters. The van der Waals surface area contributed by atoms with Crippen molar-refractivity contribution in [3.05, 3.63) is 29.8 Å². The van der Waals surface area contributed by atoms with Crippen molar-refractivity contribution >= 4 is 5.91 Å². The van der Waals surface area contributed by atoms with Gasteiger partial charge in [-0.1, -0.05) is 18.2 Å². The van der Waals surface area contributed by atoms with Crippen molar-refractivity contribution in [1.29, 1.82) is 0 Å². The molecule has 1 aromatic carbocycles. The third-order valence-corrected chi connectivity index (χ3v) is 3.26. The minimum Gasteiger partial charge on any atom is -0.493 e. The van der Waals surface area contributed by atoms with E-state index < -0.39 is 11.4 Å². The van der Waals surface area contributed by atoms with Gasteiger partial charge in [-0.15, -0.1) is 0 Å². The molecule has 1 atom stereocenters. The third-order valence-electron chi connectivity index (χ3n) is 3.26. The van der Waals surface area contributed by atoms with Crippen molar-refractivity contribution in [3.8, 4) is 5.75 Å². The zero-order valence-electron chi connectivity index (χ0n) is 12.0. The molecule has 0 aromatic heterocycles. The maximum Gasteiger partial charge on any atom is 0.237 e. The van der Waals surface area contributed by atoms with E-state index in [0.29, 0.717) is 19.4 Å². The maximum absolute atomic E-state index is 11.1. The van der Waals surface area contributed by atoms with Crippen LogP contribution in [0.25, 0.3) is 0 Å². The predicted octanol–water partition coefficient (Wildman–Crippen LogP) is 0.973. The minimum absolute atomic E-state index is 0.102. The molecular formula is C15H24N2O3. The number of primary amides is 1. The molecule has 0 bridgehead atoms. The number of rotatable bonds is 9. The quantitative estimate of drug-likeness (QED) is 0.587. The number of nitrogens with two attached hydrogens (primary N) is 2. The molecule has 5 N–H and O–H groups in total. The third kappa shape index (κ3) is 5.19. The Hall–Kier alpha value is -1.59. The van der Waals surface area contributed by atoms with Gasteiger partial charge in [0.1, 0.15) is 5.75 Å². The second kappa shape index (κ2) is 7.87. The summed E-state index contributed by atoms with van der Waals surface area (Å²) in [5.41, 5.74) is 11.0. The fourth-order valence-corrected chi connectivity index (χ4v) is 1.87. The van der Waals surface area contributed by atoms with Gasteiger partial charge in [-0.3, -0.25) is 4.79 Å². The van der Waals surface area contributed by atoms with Crippen LogP contribution in [0.15, 0.2) is 24.3 Å². The molecule has 1 amide bonds. The number of aliphatic hydroxyl groups excluding tert-OH is 1. The summed E-state index contributed by atoms with van der Waals surface area (Å²) < 4.78 is 5.70. The topological polar surface area (TPSA) is 98.6 Å². The van der Waals surface area contributed by atoms with Crippen molar-refractivity contribution in [3.63, 3.8) is 0 Å². The molecule has 0 fully saturated rings. The van der Waals surface area contributed by atoms with E-state index >= 15 is 0 Å². The molecule has 0 heterocycles. The summed E-state index contributed by atoms with van der Waals surface area (Å²) in [4.78, 5) is 11.1. The SMILES string of the molecule is CC(N)(CCCCOc1ccccc1CCO)C(N)=O. The van der Waals surface area contributed by atoms with E-state index in [4.69, 9.17) is 21.3 Å². The summed E-state index contributed by atoms with van der Waals surface area (Å²) in [6.45, 7) is 2.30. The zero-order chi connectivity index (χ0) is 15.0. The summed E-state index contributed by atoms with van der Waals surface area (Å²) in [6.07, 6.45) is 2.70. The van der Waals surface area contributed by atoms with Crippen molar-refractivity contribution in [1.82, 2.24) is 0 Å². The molecule has 0 aliphatic rings. The van der Waals surface area contributed by atoms with Gasteiger partial charge in [0, 0.05) is 6.61 Å². The normalized spacial score (nSPS) is 13.8. The molecule has 0 aliphatic carbocycles. The van der Waals surface area contributed by atoms with Crippen LogP contribution in [0.2, 0.25) is 0 Å². The smallest absolute Gasteiger partial charge is 0.237 e. The molecule has 5 heteroatoms. The first-order valence-electron chi connectivity index (χ1n) is 6.87. The lowest BCUT2D eigenvalue weighted by Gasteiger charge is -2.20. The van der Waals surface area contributed by atoms with Crippen molar-refractivity contribution in [2.75, 3.05) is 13.2 Å². The Kier molecular flexibility index (Phi) is 6.48. The Labute approximate surface area is 119 Å². The maximum atomic E-state index is 11.1. The lowest BCUT2D eigenvalue weighted by Crippen LogP contribution is -2.49. The van der Waals surface area contributed by atoms with Crippen LogP contribution in [0.4, 0.5) is 0 Å². The number of benzene rings is 1. The van der Waals surface area contributed by atoms with Crippen molar-refractivity contribution < 1.29 is 14.6 Å². The second-order valence-electron chi connectivity index (χ2n) is 5.17. The van der Waals surface area contributed by atoms with E-state index in [1.165, 1.54) is 0 Å². The number of carbonyl (C=O) groups excluding carboxylic acids is 1. The monoisotopic (exact) mass is 280 g/mol. The lowest BCUT2D eigenvalue weighted by atomic mass is 9.96. The van der Waals surface area contributed by atoms with Gasteiger partial charge in [0.05, 0.1) is 12.1 Å². The van der Waals surface area contributed by atoms with Gasteiger partial charge in [-0.2, -0.15) is 0 Å². The molecule has 0 spiro atoms. The number of ether oxygens (including phenoxy) is 1. The van der Waals surface area contributed by atoms with Crippen LogP contribution in [0, 0.1) is 0 Å². The summed E-state index contributed by atoms with van der Waals surface area (Å²) in [5, 5.41) is 8.98. The Morgan fingerprint density at radius 2 is 2.05 bits per heavy atom. The molecule has 5 nitrogen and oxygen atoms in total. The van der Waals surface area contributed by atoms with Gasteiger partial charge in [0.25, 0.3) is 0 Å². The van der Waals surface area contributed by atoms with Crippen LogP contribution in [0.5, 0.6) is 5.75 Å². The number of hydrogen-bond acceptors (Lipinski definition) is 4. The van der Waals surface area contributed by atoms with E-state index in [-0.39, 0.29) is 6.61 Å². The lowest BCUT2D eigenvalue weighted by molar-refractivity contribution is -0.122. The highest BCUT2D eigenvalue weighted by Gasteiger charge is 2.24. The highest BCUT2D eigenvalue weighted by Crippen LogP contribution is 2.19. The Bertz CT molecular complexity index is 433. The standard InChI is InChI=1S/C15H24N2O3/c1-15(17,14(16)19)9-4-5-11-20-13-7-3-2-6-12(13)8-10-18/h2-3,6-7,18H,4-5,8-11,17H2,1H3,(H2,16,19). The first-order chi connectivity index (χ1) is 9.47. The van der Waals surface area contributed by atoms with Crippen LogP contribution in [-0.2, 0) is 11.2 Å². The number of aliphatic hydroxyl groups is 1. The van der Waals surface area contributed by atoms with Crippen LogP contribution >= 0.6 is 0 Å². The molecule has 0 saturated heterocycles. The predicted molar refractivity (Wildman–Crippen MR) is 78.4 cm³/mol. The average Bonchev–Trinajstić information content (AvgIpc) is 2.40. The first-order valence-corrected chi connectivity index (χ1v) is 6.87. The summed E-state index contributed by atoms with van der Waals surface area (Å²) >= 11 is 0. The number of carbonyl (C=O) groups is 1. The second-order valence-corrected chi connectivity index (χ2v) is 5.17. The van der Waals surface area contributed by atoms with Crippen molar-refractivity contribution in [2.24, 2.45) is 11.5 Å². The summed E-state index contributed by atoms with van der Waals surface area (Å²) in [5.74, 6) is 0.318. The molecular weight excluding hydrogens is 256 g/mol. The van der Waals surface area contributed by atoms with E-state index in [2.05, 4.69) is 0 Å². The average molecular weight is 280 g/mol. The molecule has 0 saturated carbocycles.